The predicted molar refractivity (Wildman–Crippen MR) is 96.5 cm³/mol. The molecule has 1 atom stereocenters. The summed E-state index contributed by atoms with van der Waals surface area (Å²) < 4.78 is 6.01. The number of amides is 1. The van der Waals surface area contributed by atoms with Gasteiger partial charge in [0.05, 0.1) is 25.7 Å². The Kier molecular flexibility index (Phi) is 7.24. The highest BCUT2D eigenvalue weighted by Crippen LogP contribution is 2.29. The first kappa shape index (κ1) is 18.9. The van der Waals surface area contributed by atoms with Crippen LogP contribution in [0.1, 0.15) is 38.3 Å². The Morgan fingerprint density at radius 1 is 1.29 bits per heavy atom. The largest absolute Gasteiger partial charge is 0.465 e. The van der Waals surface area contributed by atoms with E-state index in [0.29, 0.717) is 12.5 Å². The van der Waals surface area contributed by atoms with Crippen LogP contribution in [0.4, 0.5) is 0 Å². The molecule has 1 saturated carbocycles. The fourth-order valence-corrected chi connectivity index (χ4v) is 2.83. The van der Waals surface area contributed by atoms with Gasteiger partial charge in [-0.15, -0.1) is 0 Å². The quantitative estimate of drug-likeness (QED) is 0.651. The van der Waals surface area contributed by atoms with Crippen LogP contribution in [0.15, 0.2) is 28.7 Å². The number of hydrogen-bond donors (Lipinski definition) is 1. The molecule has 0 spiro atoms. The molecule has 0 saturated heterocycles. The van der Waals surface area contributed by atoms with Gasteiger partial charge in [0, 0.05) is 11.0 Å². The number of halogens is 1. The lowest BCUT2D eigenvalue weighted by Gasteiger charge is -2.22. The van der Waals surface area contributed by atoms with Crippen molar-refractivity contribution in [1.82, 2.24) is 10.2 Å². The fourth-order valence-electron chi connectivity index (χ4n) is 2.56. The SMILES string of the molecule is CCOC(=O)CN(CC(=O)NC(C)c1ccc(Br)cc1)CC1CC1. The van der Waals surface area contributed by atoms with Gasteiger partial charge in [0.1, 0.15) is 0 Å². The van der Waals surface area contributed by atoms with Crippen molar-refractivity contribution in [2.45, 2.75) is 32.7 Å². The molecule has 0 aliphatic heterocycles. The van der Waals surface area contributed by atoms with Crippen LogP contribution in [0.3, 0.4) is 0 Å². The van der Waals surface area contributed by atoms with Crippen LogP contribution >= 0.6 is 15.9 Å². The second-order valence-corrected chi connectivity index (χ2v) is 7.17. The highest BCUT2D eigenvalue weighted by molar-refractivity contribution is 9.10. The molecule has 1 amide bonds. The number of rotatable bonds is 9. The molecular weight excluding hydrogens is 372 g/mol. The van der Waals surface area contributed by atoms with E-state index in [-0.39, 0.29) is 31.0 Å². The molecule has 1 unspecified atom stereocenters. The number of nitrogens with zero attached hydrogens (tertiary/aromatic N) is 1. The summed E-state index contributed by atoms with van der Waals surface area (Å²) in [7, 11) is 0. The monoisotopic (exact) mass is 396 g/mol. The topological polar surface area (TPSA) is 58.6 Å². The predicted octanol–water partition coefficient (Wildman–Crippen LogP) is 2.90. The minimum atomic E-state index is -0.271. The summed E-state index contributed by atoms with van der Waals surface area (Å²) in [4.78, 5) is 25.9. The van der Waals surface area contributed by atoms with Crippen LogP contribution in [0.5, 0.6) is 0 Å². The zero-order valence-corrected chi connectivity index (χ0v) is 15.8. The highest BCUT2D eigenvalue weighted by atomic mass is 79.9. The number of hydrogen-bond acceptors (Lipinski definition) is 4. The minimum absolute atomic E-state index is 0.0732. The molecule has 1 aliphatic rings. The van der Waals surface area contributed by atoms with Crippen molar-refractivity contribution in [2.75, 3.05) is 26.2 Å². The summed E-state index contributed by atoms with van der Waals surface area (Å²) in [6, 6.07) is 7.80. The Bertz CT molecular complexity index is 558. The third-order valence-electron chi connectivity index (χ3n) is 3.99. The van der Waals surface area contributed by atoms with Crippen LogP contribution in [0, 0.1) is 5.92 Å². The second-order valence-electron chi connectivity index (χ2n) is 6.26. The fraction of sp³-hybridized carbons (Fsp3) is 0.556. The molecule has 2 rings (SSSR count). The van der Waals surface area contributed by atoms with E-state index in [9.17, 15) is 9.59 Å². The molecule has 0 heterocycles. The van der Waals surface area contributed by atoms with Crippen molar-refractivity contribution in [1.29, 1.82) is 0 Å². The van der Waals surface area contributed by atoms with E-state index in [1.807, 2.05) is 36.1 Å². The first-order valence-electron chi connectivity index (χ1n) is 8.40. The Balaban J connectivity index is 1.86. The van der Waals surface area contributed by atoms with Gasteiger partial charge in [0.25, 0.3) is 0 Å². The molecule has 5 nitrogen and oxygen atoms in total. The van der Waals surface area contributed by atoms with Gasteiger partial charge < -0.3 is 10.1 Å². The molecule has 6 heteroatoms. The number of carbonyl (C=O) groups is 2. The summed E-state index contributed by atoms with van der Waals surface area (Å²) in [6.07, 6.45) is 2.35. The van der Waals surface area contributed by atoms with Crippen molar-refractivity contribution in [3.05, 3.63) is 34.3 Å². The van der Waals surface area contributed by atoms with Crippen LogP contribution in [0.2, 0.25) is 0 Å². The maximum atomic E-state index is 12.3. The summed E-state index contributed by atoms with van der Waals surface area (Å²) in [5.74, 6) is 0.262. The molecule has 0 bridgehead atoms. The molecule has 1 aliphatic carbocycles. The van der Waals surface area contributed by atoms with Gasteiger partial charge >= 0.3 is 5.97 Å². The zero-order chi connectivity index (χ0) is 17.5. The molecule has 132 valence electrons. The first-order chi connectivity index (χ1) is 11.5. The third kappa shape index (κ3) is 6.61. The number of esters is 1. The highest BCUT2D eigenvalue weighted by Gasteiger charge is 2.27. The van der Waals surface area contributed by atoms with E-state index >= 15 is 0 Å². The van der Waals surface area contributed by atoms with E-state index in [4.69, 9.17) is 4.74 Å². The lowest BCUT2D eigenvalue weighted by molar-refractivity contribution is -0.144. The van der Waals surface area contributed by atoms with E-state index in [0.717, 1.165) is 16.6 Å². The second kappa shape index (κ2) is 9.18. The molecular formula is C18H25BrN2O3. The summed E-state index contributed by atoms with van der Waals surface area (Å²) in [6.45, 7) is 5.27. The van der Waals surface area contributed by atoms with E-state index in [2.05, 4.69) is 21.2 Å². The number of benzene rings is 1. The van der Waals surface area contributed by atoms with Crippen molar-refractivity contribution in [2.24, 2.45) is 5.92 Å². The van der Waals surface area contributed by atoms with E-state index in [1.165, 1.54) is 12.8 Å². The number of carbonyl (C=O) groups excluding carboxylic acids is 2. The molecule has 0 radical (unpaired) electrons. The van der Waals surface area contributed by atoms with Crippen LogP contribution in [-0.2, 0) is 14.3 Å². The summed E-state index contributed by atoms with van der Waals surface area (Å²) in [5.41, 5.74) is 1.05. The Morgan fingerprint density at radius 3 is 2.54 bits per heavy atom. The van der Waals surface area contributed by atoms with Crippen molar-refractivity contribution >= 4 is 27.8 Å². The lowest BCUT2D eigenvalue weighted by atomic mass is 10.1. The molecule has 1 aromatic carbocycles. The normalized spacial score (nSPS) is 15.2. The Hall–Kier alpha value is -1.40. The summed E-state index contributed by atoms with van der Waals surface area (Å²) in [5, 5.41) is 3.00. The Labute approximate surface area is 151 Å². The smallest absolute Gasteiger partial charge is 0.320 e. The average Bonchev–Trinajstić information content (AvgIpc) is 3.31. The first-order valence-corrected chi connectivity index (χ1v) is 9.20. The third-order valence-corrected chi connectivity index (χ3v) is 4.51. The van der Waals surface area contributed by atoms with Gasteiger partial charge in [-0.3, -0.25) is 14.5 Å². The zero-order valence-electron chi connectivity index (χ0n) is 14.3. The van der Waals surface area contributed by atoms with Gasteiger partial charge in [0.15, 0.2) is 0 Å². The molecule has 1 N–H and O–H groups in total. The van der Waals surface area contributed by atoms with E-state index < -0.39 is 0 Å². The molecule has 24 heavy (non-hydrogen) atoms. The maximum absolute atomic E-state index is 12.3. The van der Waals surface area contributed by atoms with Gasteiger partial charge in [-0.05, 0) is 50.3 Å². The lowest BCUT2D eigenvalue weighted by Crippen LogP contribution is -2.41. The van der Waals surface area contributed by atoms with Gasteiger partial charge in [-0.25, -0.2) is 0 Å². The maximum Gasteiger partial charge on any atom is 0.320 e. The van der Waals surface area contributed by atoms with E-state index in [1.54, 1.807) is 6.92 Å². The Morgan fingerprint density at radius 2 is 1.96 bits per heavy atom. The van der Waals surface area contributed by atoms with Crippen LogP contribution in [-0.4, -0.2) is 43.0 Å². The molecule has 0 aromatic heterocycles. The van der Waals surface area contributed by atoms with Crippen molar-refractivity contribution < 1.29 is 14.3 Å². The summed E-state index contributed by atoms with van der Waals surface area (Å²) >= 11 is 3.40. The number of nitrogens with one attached hydrogen (secondary N) is 1. The van der Waals surface area contributed by atoms with Gasteiger partial charge in [0.2, 0.25) is 5.91 Å². The minimum Gasteiger partial charge on any atom is -0.465 e. The van der Waals surface area contributed by atoms with Gasteiger partial charge in [-0.2, -0.15) is 0 Å². The average molecular weight is 397 g/mol. The number of ether oxygens (including phenoxy) is 1. The van der Waals surface area contributed by atoms with Crippen LogP contribution < -0.4 is 5.32 Å². The standard InChI is InChI=1S/C18H25BrN2O3/c1-3-24-18(23)12-21(10-14-4-5-14)11-17(22)20-13(2)15-6-8-16(19)9-7-15/h6-9,13-14H,3-5,10-12H2,1-2H3,(H,20,22). The molecule has 1 aromatic rings. The molecule has 1 fully saturated rings. The van der Waals surface area contributed by atoms with Crippen LogP contribution in [0.25, 0.3) is 0 Å². The van der Waals surface area contributed by atoms with Crippen molar-refractivity contribution in [3.63, 3.8) is 0 Å². The van der Waals surface area contributed by atoms with Crippen molar-refractivity contribution in [3.8, 4) is 0 Å². The van der Waals surface area contributed by atoms with Gasteiger partial charge in [-0.1, -0.05) is 28.1 Å².